The molecular weight excluding hydrogens is 312 g/mol. The quantitative estimate of drug-likeness (QED) is 0.565. The molecule has 1 unspecified atom stereocenters. The second kappa shape index (κ2) is 5.94. The van der Waals surface area contributed by atoms with Crippen molar-refractivity contribution in [2.75, 3.05) is 7.11 Å². The first-order chi connectivity index (χ1) is 9.43. The van der Waals surface area contributed by atoms with E-state index in [-0.39, 0.29) is 16.3 Å². The van der Waals surface area contributed by atoms with E-state index in [1.54, 1.807) is 0 Å². The maximum atomic E-state index is 13.6. The minimum absolute atomic E-state index is 0.0277. The zero-order chi connectivity index (χ0) is 14.9. The van der Waals surface area contributed by atoms with Crippen LogP contribution in [0.5, 0.6) is 5.75 Å². The highest BCUT2D eigenvalue weighted by atomic mass is 35.5. The first-order valence-corrected chi connectivity index (χ1v) is 6.37. The van der Waals surface area contributed by atoms with Gasteiger partial charge >= 0.3 is 0 Å². The molecule has 0 radical (unpaired) electrons. The third-order valence-electron chi connectivity index (χ3n) is 2.78. The summed E-state index contributed by atoms with van der Waals surface area (Å²) in [7, 11) is 1.34. The van der Waals surface area contributed by atoms with Gasteiger partial charge in [-0.1, -0.05) is 17.7 Å². The van der Waals surface area contributed by atoms with Gasteiger partial charge in [-0.15, -0.1) is 11.6 Å². The second-order valence-corrected chi connectivity index (χ2v) is 4.89. The fraction of sp³-hybridized carbons (Fsp3) is 0.143. The summed E-state index contributed by atoms with van der Waals surface area (Å²) in [5, 5.41) is -0.932. The highest BCUT2D eigenvalue weighted by Gasteiger charge is 2.19. The van der Waals surface area contributed by atoms with E-state index in [0.717, 1.165) is 18.2 Å². The number of methoxy groups -OCH3 is 1. The van der Waals surface area contributed by atoms with Crippen LogP contribution in [0.1, 0.15) is 16.5 Å². The van der Waals surface area contributed by atoms with Crippen molar-refractivity contribution < 1.29 is 17.9 Å². The lowest BCUT2D eigenvalue weighted by Crippen LogP contribution is -1.99. The Hall–Kier alpha value is -1.39. The number of benzene rings is 2. The average Bonchev–Trinajstić information content (AvgIpc) is 2.42. The van der Waals surface area contributed by atoms with Crippen LogP contribution in [0.4, 0.5) is 13.2 Å². The van der Waals surface area contributed by atoms with Crippen LogP contribution in [0.2, 0.25) is 5.02 Å². The summed E-state index contributed by atoms with van der Waals surface area (Å²) in [4.78, 5) is 0. The highest BCUT2D eigenvalue weighted by Crippen LogP contribution is 2.36. The Morgan fingerprint density at radius 1 is 1.00 bits per heavy atom. The molecule has 1 atom stereocenters. The summed E-state index contributed by atoms with van der Waals surface area (Å²) in [5.74, 6) is -2.67. The fourth-order valence-corrected chi connectivity index (χ4v) is 2.38. The summed E-state index contributed by atoms with van der Waals surface area (Å²) >= 11 is 12.0. The molecule has 0 N–H and O–H groups in total. The van der Waals surface area contributed by atoms with E-state index in [0.29, 0.717) is 5.56 Å². The van der Waals surface area contributed by atoms with Crippen LogP contribution in [0.3, 0.4) is 0 Å². The molecule has 0 spiro atoms. The Morgan fingerprint density at radius 2 is 1.65 bits per heavy atom. The van der Waals surface area contributed by atoms with Gasteiger partial charge in [0.05, 0.1) is 12.5 Å². The molecule has 0 aliphatic carbocycles. The van der Waals surface area contributed by atoms with Crippen molar-refractivity contribution in [3.05, 3.63) is 63.9 Å². The molecule has 20 heavy (non-hydrogen) atoms. The zero-order valence-corrected chi connectivity index (χ0v) is 11.8. The van der Waals surface area contributed by atoms with Gasteiger partial charge in [0.1, 0.15) is 0 Å². The van der Waals surface area contributed by atoms with Gasteiger partial charge < -0.3 is 4.74 Å². The average molecular weight is 321 g/mol. The first-order valence-electron chi connectivity index (χ1n) is 5.56. The normalized spacial score (nSPS) is 12.3. The maximum absolute atomic E-state index is 13.6. The molecule has 106 valence electrons. The van der Waals surface area contributed by atoms with Crippen molar-refractivity contribution in [2.45, 2.75) is 5.38 Å². The molecule has 0 aliphatic rings. The molecule has 0 saturated heterocycles. The van der Waals surface area contributed by atoms with Crippen LogP contribution in [0.15, 0.2) is 30.3 Å². The van der Waals surface area contributed by atoms with Crippen molar-refractivity contribution in [2.24, 2.45) is 0 Å². The van der Waals surface area contributed by atoms with E-state index in [1.807, 2.05) is 0 Å². The van der Waals surface area contributed by atoms with Crippen molar-refractivity contribution >= 4 is 23.2 Å². The Bertz CT molecular complexity index is 647. The van der Waals surface area contributed by atoms with Crippen molar-refractivity contribution in [1.29, 1.82) is 0 Å². The molecule has 2 aromatic rings. The molecule has 0 aromatic heterocycles. The Kier molecular flexibility index (Phi) is 4.45. The van der Waals surface area contributed by atoms with Crippen molar-refractivity contribution in [3.63, 3.8) is 0 Å². The summed E-state index contributed by atoms with van der Waals surface area (Å²) in [5.41, 5.74) is 0.523. The number of halogens is 5. The van der Waals surface area contributed by atoms with Gasteiger partial charge in [0.2, 0.25) is 0 Å². The molecule has 0 bridgehead atoms. The summed E-state index contributed by atoms with van der Waals surface area (Å²) in [6, 6.07) is 5.82. The van der Waals surface area contributed by atoms with E-state index in [4.69, 9.17) is 27.9 Å². The van der Waals surface area contributed by atoms with E-state index in [2.05, 4.69) is 0 Å². The largest absolute Gasteiger partial charge is 0.494 e. The smallest absolute Gasteiger partial charge is 0.165 e. The van der Waals surface area contributed by atoms with Gasteiger partial charge in [-0.05, 0) is 35.4 Å². The molecule has 0 fully saturated rings. The van der Waals surface area contributed by atoms with E-state index < -0.39 is 22.8 Å². The molecule has 6 heteroatoms. The molecule has 0 aliphatic heterocycles. The standard InChI is InChI=1S/C14H9Cl2F3O/c1-20-13-3-2-7(4-12(13)19)14(16)8-5-10(17)11(18)6-9(8)15/h2-6,14H,1H3. The molecule has 0 heterocycles. The van der Waals surface area contributed by atoms with E-state index in [9.17, 15) is 13.2 Å². The van der Waals surface area contributed by atoms with Gasteiger partial charge in [0, 0.05) is 5.02 Å². The van der Waals surface area contributed by atoms with Gasteiger partial charge in [-0.2, -0.15) is 0 Å². The van der Waals surface area contributed by atoms with Crippen LogP contribution < -0.4 is 4.74 Å². The number of rotatable bonds is 3. The van der Waals surface area contributed by atoms with Gasteiger partial charge in [0.25, 0.3) is 0 Å². The molecule has 2 rings (SSSR count). The lowest BCUT2D eigenvalue weighted by Gasteiger charge is -2.13. The predicted molar refractivity (Wildman–Crippen MR) is 72.0 cm³/mol. The Labute approximate surface area is 123 Å². The molecule has 0 saturated carbocycles. The summed E-state index contributed by atoms with van der Waals surface area (Å²) in [6.07, 6.45) is 0. The maximum Gasteiger partial charge on any atom is 0.165 e. The molecule has 0 amide bonds. The first kappa shape index (κ1) is 15.0. The van der Waals surface area contributed by atoms with Crippen LogP contribution >= 0.6 is 23.2 Å². The van der Waals surface area contributed by atoms with Gasteiger partial charge in [-0.25, -0.2) is 13.2 Å². The SMILES string of the molecule is COc1ccc(C(Cl)c2cc(F)c(F)cc2Cl)cc1F. The zero-order valence-electron chi connectivity index (χ0n) is 10.3. The molecular formula is C14H9Cl2F3O. The monoisotopic (exact) mass is 320 g/mol. The minimum atomic E-state index is -1.07. The number of hydrogen-bond donors (Lipinski definition) is 0. The Morgan fingerprint density at radius 3 is 2.25 bits per heavy atom. The third-order valence-corrected chi connectivity index (χ3v) is 3.60. The van der Waals surface area contributed by atoms with Crippen molar-refractivity contribution in [1.82, 2.24) is 0 Å². The Balaban J connectivity index is 2.43. The number of alkyl halides is 1. The van der Waals surface area contributed by atoms with Crippen LogP contribution in [-0.2, 0) is 0 Å². The number of hydrogen-bond acceptors (Lipinski definition) is 1. The highest BCUT2D eigenvalue weighted by molar-refractivity contribution is 6.33. The number of ether oxygens (including phenoxy) is 1. The van der Waals surface area contributed by atoms with E-state index >= 15 is 0 Å². The third kappa shape index (κ3) is 2.86. The topological polar surface area (TPSA) is 9.23 Å². The summed E-state index contributed by atoms with van der Waals surface area (Å²) < 4.78 is 44.7. The summed E-state index contributed by atoms with van der Waals surface area (Å²) in [6.45, 7) is 0. The van der Waals surface area contributed by atoms with Gasteiger partial charge in [0.15, 0.2) is 23.2 Å². The fourth-order valence-electron chi connectivity index (χ4n) is 1.75. The van der Waals surface area contributed by atoms with Crippen LogP contribution in [0, 0.1) is 17.5 Å². The second-order valence-electron chi connectivity index (χ2n) is 4.04. The predicted octanol–water partition coefficient (Wildman–Crippen LogP) is 5.09. The van der Waals surface area contributed by atoms with Crippen molar-refractivity contribution in [3.8, 4) is 5.75 Å². The van der Waals surface area contributed by atoms with Gasteiger partial charge in [-0.3, -0.25) is 0 Å². The van der Waals surface area contributed by atoms with Crippen LogP contribution in [0.25, 0.3) is 0 Å². The minimum Gasteiger partial charge on any atom is -0.494 e. The van der Waals surface area contributed by atoms with Crippen LogP contribution in [-0.4, -0.2) is 7.11 Å². The lowest BCUT2D eigenvalue weighted by atomic mass is 10.0. The lowest BCUT2D eigenvalue weighted by molar-refractivity contribution is 0.386. The molecule has 1 nitrogen and oxygen atoms in total. The molecule has 2 aromatic carbocycles. The van der Waals surface area contributed by atoms with E-state index in [1.165, 1.54) is 19.2 Å².